The van der Waals surface area contributed by atoms with Crippen LogP contribution in [-0.2, 0) is 0 Å². The van der Waals surface area contributed by atoms with Gasteiger partial charge in [0.25, 0.3) is 0 Å². The fraction of sp³-hybridized carbons (Fsp3) is 0.909. The van der Waals surface area contributed by atoms with E-state index in [1.54, 1.807) is 0 Å². The lowest BCUT2D eigenvalue weighted by molar-refractivity contribution is -0.144. The molecule has 0 radical (unpaired) electrons. The lowest BCUT2D eigenvalue weighted by Crippen LogP contribution is -2.56. The maximum Gasteiger partial charge on any atom is 0.130 e. The van der Waals surface area contributed by atoms with Gasteiger partial charge in [0.15, 0.2) is 0 Å². The topological polar surface area (TPSA) is 40.5 Å². The van der Waals surface area contributed by atoms with Crippen molar-refractivity contribution < 1.29 is 10.2 Å². The molecule has 0 amide bonds. The minimum atomic E-state index is -0.886. The second-order valence-corrected chi connectivity index (χ2v) is 9.58. The van der Waals surface area contributed by atoms with Crippen molar-refractivity contribution in [3.8, 4) is 12.3 Å². The van der Waals surface area contributed by atoms with Crippen molar-refractivity contribution in [2.24, 2.45) is 34.5 Å². The molecule has 0 aromatic rings. The van der Waals surface area contributed by atoms with E-state index in [0.29, 0.717) is 17.3 Å². The lowest BCUT2D eigenvalue weighted by atomic mass is 9.44. The van der Waals surface area contributed by atoms with Crippen molar-refractivity contribution in [3.63, 3.8) is 0 Å². The minimum absolute atomic E-state index is 0. The number of aliphatic hydroxyl groups is 2. The Morgan fingerprint density at radius 3 is 2.38 bits per heavy atom. The summed E-state index contributed by atoms with van der Waals surface area (Å²) in [6, 6.07) is 0. The fourth-order valence-corrected chi connectivity index (χ4v) is 7.49. The Balaban J connectivity index is 0.00000169. The van der Waals surface area contributed by atoms with Gasteiger partial charge >= 0.3 is 0 Å². The van der Waals surface area contributed by atoms with Crippen LogP contribution in [0.2, 0.25) is 0 Å². The van der Waals surface area contributed by atoms with Gasteiger partial charge in [0.05, 0.1) is 6.10 Å². The Morgan fingerprint density at radius 1 is 0.958 bits per heavy atom. The number of hydrogen-bond donors (Lipinski definition) is 2. The molecule has 0 spiro atoms. The summed E-state index contributed by atoms with van der Waals surface area (Å²) in [6.45, 7) is 4.77. The smallest absolute Gasteiger partial charge is 0.130 e. The highest BCUT2D eigenvalue weighted by Crippen LogP contribution is 2.68. The standard InChI is InChI=1S/C21H32O2.CH4/c1-4-21(23)12-9-18-16-6-5-14-13-15(22)7-10-19(14,2)17(16)8-11-20(18,21)3;/h1,14-18,22-23H,5-13H2,2-3H3;1H4/t14-,15+,16+,17-,18-,19-,20-,21-;/m0./s1. The van der Waals surface area contributed by atoms with E-state index in [-0.39, 0.29) is 18.9 Å². The third-order valence-corrected chi connectivity index (χ3v) is 9.03. The molecule has 4 rings (SSSR count). The van der Waals surface area contributed by atoms with E-state index in [0.717, 1.165) is 43.9 Å². The largest absolute Gasteiger partial charge is 0.393 e. The molecule has 0 heterocycles. The molecular weight excluding hydrogens is 296 g/mol. The highest BCUT2D eigenvalue weighted by molar-refractivity contribution is 5.23. The summed E-state index contributed by atoms with van der Waals surface area (Å²) in [5, 5.41) is 21.1. The summed E-state index contributed by atoms with van der Waals surface area (Å²) in [7, 11) is 0. The maximum atomic E-state index is 11.0. The van der Waals surface area contributed by atoms with Crippen molar-refractivity contribution >= 4 is 0 Å². The molecule has 0 saturated heterocycles. The van der Waals surface area contributed by atoms with Gasteiger partial charge in [-0.1, -0.05) is 27.2 Å². The molecule has 2 N–H and O–H groups in total. The monoisotopic (exact) mass is 332 g/mol. The van der Waals surface area contributed by atoms with Gasteiger partial charge in [-0.05, 0) is 86.9 Å². The quantitative estimate of drug-likeness (QED) is 0.646. The Bertz CT molecular complexity index is 537. The van der Waals surface area contributed by atoms with Crippen LogP contribution in [0.25, 0.3) is 0 Å². The van der Waals surface area contributed by atoms with Gasteiger partial charge in [-0.15, -0.1) is 6.42 Å². The summed E-state index contributed by atoms with van der Waals surface area (Å²) >= 11 is 0. The Hall–Kier alpha value is -0.520. The third kappa shape index (κ3) is 2.17. The van der Waals surface area contributed by atoms with E-state index in [1.807, 2.05) is 0 Å². The number of fused-ring (bicyclic) bond motifs is 5. The Labute approximate surface area is 148 Å². The summed E-state index contributed by atoms with van der Waals surface area (Å²) in [6.07, 6.45) is 15.6. The van der Waals surface area contributed by atoms with E-state index in [9.17, 15) is 10.2 Å². The van der Waals surface area contributed by atoms with Gasteiger partial charge in [-0.2, -0.15) is 0 Å². The number of terminal acetylenes is 1. The molecule has 4 aliphatic rings. The van der Waals surface area contributed by atoms with E-state index in [1.165, 1.54) is 25.7 Å². The average Bonchev–Trinajstić information content (AvgIpc) is 2.80. The van der Waals surface area contributed by atoms with Crippen molar-refractivity contribution in [3.05, 3.63) is 0 Å². The van der Waals surface area contributed by atoms with Crippen molar-refractivity contribution in [1.29, 1.82) is 0 Å². The van der Waals surface area contributed by atoms with E-state index in [2.05, 4.69) is 19.8 Å². The van der Waals surface area contributed by atoms with Crippen LogP contribution in [-0.4, -0.2) is 21.9 Å². The second-order valence-electron chi connectivity index (χ2n) is 9.58. The zero-order valence-corrected chi connectivity index (χ0v) is 14.7. The molecule has 0 aromatic heterocycles. The molecule has 2 heteroatoms. The van der Waals surface area contributed by atoms with Crippen LogP contribution < -0.4 is 0 Å². The van der Waals surface area contributed by atoms with Gasteiger partial charge in [-0.3, -0.25) is 0 Å². The van der Waals surface area contributed by atoms with Crippen molar-refractivity contribution in [1.82, 2.24) is 0 Å². The Morgan fingerprint density at radius 2 is 1.67 bits per heavy atom. The molecule has 0 bridgehead atoms. The van der Waals surface area contributed by atoms with Gasteiger partial charge in [0.2, 0.25) is 0 Å². The minimum Gasteiger partial charge on any atom is -0.393 e. The number of hydrogen-bond acceptors (Lipinski definition) is 2. The zero-order chi connectivity index (χ0) is 16.5. The highest BCUT2D eigenvalue weighted by Gasteiger charge is 2.64. The number of rotatable bonds is 0. The normalized spacial score (nSPS) is 56.2. The van der Waals surface area contributed by atoms with Crippen LogP contribution in [0.4, 0.5) is 0 Å². The lowest BCUT2D eigenvalue weighted by Gasteiger charge is -2.61. The van der Waals surface area contributed by atoms with Crippen LogP contribution >= 0.6 is 0 Å². The predicted molar refractivity (Wildman–Crippen MR) is 98.2 cm³/mol. The number of aliphatic hydroxyl groups excluding tert-OH is 1. The first-order chi connectivity index (χ1) is 10.8. The van der Waals surface area contributed by atoms with E-state index >= 15 is 0 Å². The molecule has 4 saturated carbocycles. The maximum absolute atomic E-state index is 11.0. The Kier molecular flexibility index (Phi) is 4.38. The molecule has 4 aliphatic carbocycles. The first-order valence-corrected chi connectivity index (χ1v) is 9.72. The van der Waals surface area contributed by atoms with Crippen LogP contribution in [0.3, 0.4) is 0 Å². The molecular formula is C22H36O2. The molecule has 0 unspecified atom stereocenters. The average molecular weight is 333 g/mol. The van der Waals surface area contributed by atoms with E-state index < -0.39 is 5.60 Å². The van der Waals surface area contributed by atoms with Crippen molar-refractivity contribution in [2.75, 3.05) is 0 Å². The zero-order valence-electron chi connectivity index (χ0n) is 14.7. The SMILES string of the molecule is C.C#C[C@]1(O)CC[C@H]2[C@@H]3CC[C@H]4C[C@H](O)CC[C@]4(C)[C@H]3CC[C@@]21C. The first kappa shape index (κ1) is 18.3. The second kappa shape index (κ2) is 5.75. The molecule has 2 nitrogen and oxygen atoms in total. The molecule has 4 fully saturated rings. The molecule has 0 aliphatic heterocycles. The molecule has 136 valence electrons. The van der Waals surface area contributed by atoms with Crippen LogP contribution in [0.1, 0.15) is 79.1 Å². The summed E-state index contributed by atoms with van der Waals surface area (Å²) in [4.78, 5) is 0. The predicted octanol–water partition coefficient (Wildman–Crippen LogP) is 4.39. The molecule has 8 atom stereocenters. The van der Waals surface area contributed by atoms with Gasteiger partial charge < -0.3 is 10.2 Å². The van der Waals surface area contributed by atoms with Crippen molar-refractivity contribution in [2.45, 2.75) is 90.8 Å². The third-order valence-electron chi connectivity index (χ3n) is 9.03. The summed E-state index contributed by atoms with van der Waals surface area (Å²) < 4.78 is 0. The van der Waals surface area contributed by atoms with Gasteiger partial charge in [0.1, 0.15) is 5.60 Å². The highest BCUT2D eigenvalue weighted by atomic mass is 16.3. The summed E-state index contributed by atoms with van der Waals surface area (Å²) in [5.74, 6) is 5.56. The van der Waals surface area contributed by atoms with E-state index in [4.69, 9.17) is 6.42 Å². The first-order valence-electron chi connectivity index (χ1n) is 9.72. The molecule has 24 heavy (non-hydrogen) atoms. The van der Waals surface area contributed by atoms with Crippen LogP contribution in [0.5, 0.6) is 0 Å². The van der Waals surface area contributed by atoms with Crippen LogP contribution in [0.15, 0.2) is 0 Å². The summed E-state index contributed by atoms with van der Waals surface area (Å²) in [5.41, 5.74) is -0.566. The van der Waals surface area contributed by atoms with Gasteiger partial charge in [0, 0.05) is 5.41 Å². The van der Waals surface area contributed by atoms with Gasteiger partial charge in [-0.25, -0.2) is 0 Å². The fourth-order valence-electron chi connectivity index (χ4n) is 7.49. The molecule has 0 aromatic carbocycles. The van der Waals surface area contributed by atoms with Crippen LogP contribution in [0, 0.1) is 46.8 Å².